The van der Waals surface area contributed by atoms with Crippen molar-refractivity contribution in [1.29, 1.82) is 0 Å². The summed E-state index contributed by atoms with van der Waals surface area (Å²) in [6, 6.07) is 33.0. The van der Waals surface area contributed by atoms with Gasteiger partial charge in [0.15, 0.2) is 0 Å². The van der Waals surface area contributed by atoms with E-state index in [0.29, 0.717) is 0 Å². The van der Waals surface area contributed by atoms with E-state index in [2.05, 4.69) is 221 Å². The second kappa shape index (κ2) is 13.7. The van der Waals surface area contributed by atoms with Gasteiger partial charge in [-0.2, -0.15) is 0 Å². The van der Waals surface area contributed by atoms with Gasteiger partial charge in [0, 0.05) is 29.2 Å². The number of fused-ring (bicyclic) bond motifs is 3. The average molecular weight is 759 g/mol. The molecule has 0 aliphatic carbocycles. The molecule has 296 valence electrons. The third kappa shape index (κ3) is 8.04. The van der Waals surface area contributed by atoms with Crippen LogP contribution in [0, 0.1) is 6.33 Å². The highest BCUT2D eigenvalue weighted by Crippen LogP contribution is 2.38. The van der Waals surface area contributed by atoms with Gasteiger partial charge in [0.25, 0.3) is 6.33 Å². The van der Waals surface area contributed by atoms with Crippen molar-refractivity contribution in [2.24, 2.45) is 0 Å². The van der Waals surface area contributed by atoms with Crippen LogP contribution < -0.4 is 9.30 Å². The number of pyridine rings is 1. The van der Waals surface area contributed by atoms with Crippen molar-refractivity contribution in [3.05, 3.63) is 138 Å². The number of aromatic nitrogens is 4. The molecular weight excluding hydrogens is 697 g/mol. The van der Waals surface area contributed by atoms with Crippen molar-refractivity contribution in [1.82, 2.24) is 14.1 Å². The van der Waals surface area contributed by atoms with E-state index >= 15 is 0 Å². The molecule has 0 bridgehead atoms. The van der Waals surface area contributed by atoms with E-state index in [1.165, 1.54) is 27.6 Å². The summed E-state index contributed by atoms with van der Waals surface area (Å²) in [6.07, 6.45) is 7.98. The molecule has 0 fully saturated rings. The molecule has 0 aliphatic rings. The Bertz CT molecular complexity index is 2590. The molecule has 57 heavy (non-hydrogen) atoms. The lowest BCUT2D eigenvalue weighted by Crippen LogP contribution is -2.30. The standard InChI is InChI=1S/C52H62N4O/c1-48(2,3)34-22-23-53-47(29-34)56-44-19-17-16-18-42(44)43-21-20-40(31-45(43)56)57-41-28-37(51(10,11)12)27-39(30-41)55-33-54(32-46(55)52(13,14)15)38-25-35(49(4,5)6)24-36(26-38)50(7,8)9/h16-32H,1-15H3. The predicted octanol–water partition coefficient (Wildman–Crippen LogP) is 13.3. The molecule has 0 spiro atoms. The number of rotatable bonds is 5. The average Bonchev–Trinajstić information content (AvgIpc) is 3.71. The van der Waals surface area contributed by atoms with Crippen molar-refractivity contribution in [2.45, 2.75) is 131 Å². The zero-order chi connectivity index (χ0) is 41.5. The predicted molar refractivity (Wildman–Crippen MR) is 238 cm³/mol. The van der Waals surface area contributed by atoms with Crippen LogP contribution in [0.2, 0.25) is 0 Å². The lowest BCUT2D eigenvalue weighted by Gasteiger charge is -2.26. The monoisotopic (exact) mass is 758 g/mol. The van der Waals surface area contributed by atoms with Crippen molar-refractivity contribution >= 4 is 21.8 Å². The van der Waals surface area contributed by atoms with Crippen LogP contribution in [0.4, 0.5) is 0 Å². The van der Waals surface area contributed by atoms with E-state index in [1.807, 2.05) is 6.20 Å². The molecule has 3 aromatic heterocycles. The summed E-state index contributed by atoms with van der Waals surface area (Å²) in [4.78, 5) is 4.89. The Morgan fingerprint density at radius 1 is 0.526 bits per heavy atom. The van der Waals surface area contributed by atoms with Crippen LogP contribution in [0.15, 0.2) is 103 Å². The summed E-state index contributed by atoms with van der Waals surface area (Å²) in [5, 5.41) is 2.35. The highest BCUT2D eigenvalue weighted by atomic mass is 16.5. The Kier molecular flexibility index (Phi) is 9.66. The fourth-order valence-corrected chi connectivity index (χ4v) is 7.45. The van der Waals surface area contributed by atoms with E-state index in [0.717, 1.165) is 50.8 Å². The number of nitrogens with zero attached hydrogens (tertiary/aromatic N) is 4. The number of hydrogen-bond acceptors (Lipinski definition) is 2. The van der Waals surface area contributed by atoms with Gasteiger partial charge in [-0.05, 0) is 110 Å². The molecule has 0 saturated heterocycles. The maximum absolute atomic E-state index is 6.90. The number of imidazole rings is 1. The highest BCUT2D eigenvalue weighted by molar-refractivity contribution is 6.09. The van der Waals surface area contributed by atoms with Crippen molar-refractivity contribution in [3.8, 4) is 28.7 Å². The summed E-state index contributed by atoms with van der Waals surface area (Å²) in [7, 11) is 0. The van der Waals surface area contributed by atoms with Gasteiger partial charge in [-0.3, -0.25) is 13.7 Å². The third-order valence-electron chi connectivity index (χ3n) is 11.1. The largest absolute Gasteiger partial charge is 0.458 e. The Labute approximate surface area is 341 Å². The first kappa shape index (κ1) is 40.1. The summed E-state index contributed by atoms with van der Waals surface area (Å²) in [5.41, 5.74) is 10.2. The lowest BCUT2D eigenvalue weighted by atomic mass is 9.80. The van der Waals surface area contributed by atoms with Crippen LogP contribution in [0.3, 0.4) is 0 Å². The van der Waals surface area contributed by atoms with E-state index in [9.17, 15) is 0 Å². The zero-order valence-corrected chi connectivity index (χ0v) is 37.0. The van der Waals surface area contributed by atoms with Crippen molar-refractivity contribution in [3.63, 3.8) is 0 Å². The number of para-hydroxylation sites is 1. The molecule has 0 unspecified atom stereocenters. The van der Waals surface area contributed by atoms with Gasteiger partial charge in [-0.25, -0.2) is 4.98 Å². The minimum absolute atomic E-state index is 0.00360. The van der Waals surface area contributed by atoms with Crippen LogP contribution in [-0.2, 0) is 27.1 Å². The van der Waals surface area contributed by atoms with E-state index in [1.54, 1.807) is 0 Å². The van der Waals surface area contributed by atoms with Crippen LogP contribution in [-0.4, -0.2) is 14.1 Å². The SMILES string of the molecule is CC(C)(C)c1cc(Oc2ccc3c4ccccc4n(-c4cc(C(C)(C)C)ccn4)c3c2)cc(-n2[c-][n+](-c3cc(C(C)(C)C)cc(C(C)(C)C)c3)cc2C(C)(C)C)c1. The van der Waals surface area contributed by atoms with Crippen LogP contribution in [0.1, 0.15) is 132 Å². The normalized spacial score (nSPS) is 13.2. The minimum Gasteiger partial charge on any atom is -0.458 e. The molecular formula is C52H62N4O. The third-order valence-corrected chi connectivity index (χ3v) is 11.1. The summed E-state index contributed by atoms with van der Waals surface area (Å²) in [6.45, 7) is 34.1. The number of benzene rings is 4. The second-order valence-electron chi connectivity index (χ2n) is 21.1. The lowest BCUT2D eigenvalue weighted by molar-refractivity contribution is -0.599. The quantitative estimate of drug-likeness (QED) is 0.129. The van der Waals surface area contributed by atoms with Crippen LogP contribution in [0.25, 0.3) is 39.0 Å². The molecule has 7 aromatic rings. The smallest absolute Gasteiger partial charge is 0.269 e. The molecule has 0 atom stereocenters. The molecule has 0 radical (unpaired) electrons. The van der Waals surface area contributed by atoms with Gasteiger partial charge in [0.2, 0.25) is 0 Å². The molecule has 0 saturated carbocycles. The fourth-order valence-electron chi connectivity index (χ4n) is 7.45. The highest BCUT2D eigenvalue weighted by Gasteiger charge is 2.27. The molecule has 5 nitrogen and oxygen atoms in total. The maximum Gasteiger partial charge on any atom is 0.269 e. The maximum atomic E-state index is 6.90. The van der Waals surface area contributed by atoms with Crippen molar-refractivity contribution in [2.75, 3.05) is 0 Å². The van der Waals surface area contributed by atoms with Gasteiger partial charge in [-0.15, -0.1) is 0 Å². The molecule has 5 heteroatoms. The minimum atomic E-state index is -0.161. The summed E-state index contributed by atoms with van der Waals surface area (Å²) in [5.74, 6) is 2.45. The molecule has 4 aromatic carbocycles. The Morgan fingerprint density at radius 2 is 1.12 bits per heavy atom. The first-order valence-electron chi connectivity index (χ1n) is 20.5. The van der Waals surface area contributed by atoms with E-state index < -0.39 is 0 Å². The topological polar surface area (TPSA) is 35.9 Å². The molecule has 0 N–H and O–H groups in total. The van der Waals surface area contributed by atoms with Crippen molar-refractivity contribution < 1.29 is 9.30 Å². The first-order valence-corrected chi connectivity index (χ1v) is 20.5. The summed E-state index contributed by atoms with van der Waals surface area (Å²) < 4.78 is 13.6. The van der Waals surface area contributed by atoms with E-state index in [4.69, 9.17) is 9.72 Å². The molecule has 0 aliphatic heterocycles. The molecule has 3 heterocycles. The summed E-state index contributed by atoms with van der Waals surface area (Å²) >= 11 is 0. The van der Waals surface area contributed by atoms with Crippen LogP contribution in [0.5, 0.6) is 11.5 Å². The Hall–Kier alpha value is -5.16. The van der Waals surface area contributed by atoms with Gasteiger partial charge in [0.05, 0.1) is 28.1 Å². The van der Waals surface area contributed by atoms with E-state index in [-0.39, 0.29) is 27.1 Å². The fraction of sp³-hybridized carbons (Fsp3) is 0.385. The Balaban J connectivity index is 1.38. The molecule has 7 rings (SSSR count). The number of hydrogen-bond donors (Lipinski definition) is 0. The van der Waals surface area contributed by atoms with Crippen LogP contribution >= 0.6 is 0 Å². The van der Waals surface area contributed by atoms with Gasteiger partial charge in [0.1, 0.15) is 17.3 Å². The second-order valence-corrected chi connectivity index (χ2v) is 21.1. The van der Waals surface area contributed by atoms with Gasteiger partial charge < -0.3 is 4.74 Å². The molecule has 0 amide bonds. The Morgan fingerprint density at radius 3 is 1.74 bits per heavy atom. The van der Waals surface area contributed by atoms with Gasteiger partial charge in [-0.1, -0.05) is 128 Å². The van der Waals surface area contributed by atoms with Gasteiger partial charge >= 0.3 is 0 Å². The number of ether oxygens (including phenoxy) is 1. The first-order chi connectivity index (χ1) is 26.4. The zero-order valence-electron chi connectivity index (χ0n) is 37.0.